The minimum atomic E-state index is -0.250. The molecule has 6 heteroatoms. The third-order valence-corrected chi connectivity index (χ3v) is 3.59. The van der Waals surface area contributed by atoms with Gasteiger partial charge >= 0.3 is 0 Å². The quantitative estimate of drug-likeness (QED) is 0.738. The number of amides is 2. The van der Waals surface area contributed by atoms with Crippen LogP contribution in [0.25, 0.3) is 0 Å². The molecule has 0 radical (unpaired) electrons. The molecule has 0 spiro atoms. The molecule has 0 heterocycles. The molecule has 2 aromatic rings. The Bertz CT molecular complexity index is 742. The Kier molecular flexibility index (Phi) is 7.17. The van der Waals surface area contributed by atoms with Gasteiger partial charge in [-0.3, -0.25) is 9.59 Å². The van der Waals surface area contributed by atoms with E-state index in [-0.39, 0.29) is 11.8 Å². The van der Waals surface area contributed by atoms with Crippen molar-refractivity contribution in [2.24, 2.45) is 0 Å². The van der Waals surface area contributed by atoms with Gasteiger partial charge < -0.3 is 19.7 Å². The maximum Gasteiger partial charge on any atom is 0.255 e. The predicted octanol–water partition coefficient (Wildman–Crippen LogP) is 3.06. The summed E-state index contributed by atoms with van der Waals surface area (Å²) in [7, 11) is 3.37. The van der Waals surface area contributed by atoms with Crippen LogP contribution in [0.5, 0.6) is 5.75 Å². The van der Waals surface area contributed by atoms with E-state index in [4.69, 9.17) is 9.47 Å². The highest BCUT2D eigenvalue weighted by molar-refractivity contribution is 6.05. The molecule has 2 rings (SSSR count). The number of carbonyl (C=O) groups excluding carboxylic acids is 2. The van der Waals surface area contributed by atoms with E-state index >= 15 is 0 Å². The van der Waals surface area contributed by atoms with Crippen molar-refractivity contribution >= 4 is 17.5 Å². The summed E-state index contributed by atoms with van der Waals surface area (Å²) in [6.45, 7) is 3.58. The van der Waals surface area contributed by atoms with E-state index in [2.05, 4.69) is 5.32 Å². The van der Waals surface area contributed by atoms with Crippen molar-refractivity contribution in [2.45, 2.75) is 6.92 Å². The molecule has 2 aromatic carbocycles. The molecule has 0 aliphatic rings. The fraction of sp³-hybridized carbons (Fsp3) is 0.300. The molecule has 26 heavy (non-hydrogen) atoms. The number of anilines is 1. The minimum absolute atomic E-state index is 0.116. The van der Waals surface area contributed by atoms with E-state index < -0.39 is 0 Å². The minimum Gasteiger partial charge on any atom is -0.491 e. The number of nitrogens with zero attached hydrogens (tertiary/aromatic N) is 1. The average molecular weight is 356 g/mol. The Morgan fingerprint density at radius 1 is 1.00 bits per heavy atom. The number of nitrogens with one attached hydrogen (secondary N) is 1. The second-order valence-electron chi connectivity index (χ2n) is 5.80. The molecule has 6 nitrogen and oxygen atoms in total. The fourth-order valence-corrected chi connectivity index (χ4v) is 2.26. The number of carbonyl (C=O) groups is 2. The summed E-state index contributed by atoms with van der Waals surface area (Å²) < 4.78 is 10.7. The summed E-state index contributed by atoms with van der Waals surface area (Å²) in [5.74, 6) is 0.315. The molecule has 0 unspecified atom stereocenters. The van der Waals surface area contributed by atoms with E-state index in [1.165, 1.54) is 4.90 Å². The highest BCUT2D eigenvalue weighted by atomic mass is 16.5. The molecule has 1 N–H and O–H groups in total. The molecule has 0 aliphatic carbocycles. The maximum absolute atomic E-state index is 12.4. The van der Waals surface area contributed by atoms with Crippen LogP contribution in [0.1, 0.15) is 27.6 Å². The Balaban J connectivity index is 1.97. The van der Waals surface area contributed by atoms with Crippen LogP contribution in [0.3, 0.4) is 0 Å². The summed E-state index contributed by atoms with van der Waals surface area (Å²) in [5, 5.41) is 2.80. The zero-order chi connectivity index (χ0) is 18.9. The molecular formula is C20H24N2O4. The third kappa shape index (κ3) is 5.60. The normalized spacial score (nSPS) is 10.3. The number of ether oxygens (including phenoxy) is 2. The zero-order valence-corrected chi connectivity index (χ0v) is 15.3. The van der Waals surface area contributed by atoms with Crippen LogP contribution in [0.15, 0.2) is 48.5 Å². The van der Waals surface area contributed by atoms with E-state index in [9.17, 15) is 9.59 Å². The summed E-state index contributed by atoms with van der Waals surface area (Å²) >= 11 is 0. The molecule has 0 aliphatic heterocycles. The Hall–Kier alpha value is -2.86. The lowest BCUT2D eigenvalue weighted by Crippen LogP contribution is -2.21. The SMILES string of the molecule is CCOCCOc1ccc(C(=O)Nc2cccc(C(=O)N(C)C)c2)cc1. The molecule has 0 atom stereocenters. The van der Waals surface area contributed by atoms with Crippen LogP contribution in [-0.2, 0) is 4.74 Å². The van der Waals surface area contributed by atoms with Gasteiger partial charge in [-0.05, 0) is 49.4 Å². The second-order valence-corrected chi connectivity index (χ2v) is 5.80. The summed E-state index contributed by atoms with van der Waals surface area (Å²) in [6, 6.07) is 13.7. The largest absolute Gasteiger partial charge is 0.491 e. The number of hydrogen-bond acceptors (Lipinski definition) is 4. The zero-order valence-electron chi connectivity index (χ0n) is 15.3. The fourth-order valence-electron chi connectivity index (χ4n) is 2.26. The van der Waals surface area contributed by atoms with Crippen LogP contribution in [-0.4, -0.2) is 50.6 Å². The Morgan fingerprint density at radius 3 is 2.38 bits per heavy atom. The van der Waals surface area contributed by atoms with Crippen LogP contribution in [0.2, 0.25) is 0 Å². The van der Waals surface area contributed by atoms with Crippen molar-refractivity contribution in [1.82, 2.24) is 4.90 Å². The van der Waals surface area contributed by atoms with Crippen LogP contribution in [0, 0.1) is 0 Å². The van der Waals surface area contributed by atoms with Crippen LogP contribution in [0.4, 0.5) is 5.69 Å². The Labute approximate surface area is 153 Å². The molecule has 0 saturated carbocycles. The van der Waals surface area contributed by atoms with Gasteiger partial charge in [-0.2, -0.15) is 0 Å². The first kappa shape index (κ1) is 19.5. The van der Waals surface area contributed by atoms with E-state index in [1.807, 2.05) is 6.92 Å². The van der Waals surface area contributed by atoms with Gasteiger partial charge in [0, 0.05) is 37.5 Å². The van der Waals surface area contributed by atoms with Crippen molar-refractivity contribution in [3.8, 4) is 5.75 Å². The topological polar surface area (TPSA) is 67.9 Å². The van der Waals surface area contributed by atoms with Gasteiger partial charge in [0.1, 0.15) is 12.4 Å². The molecule has 0 aromatic heterocycles. The highest BCUT2D eigenvalue weighted by Crippen LogP contribution is 2.16. The summed E-state index contributed by atoms with van der Waals surface area (Å²) in [6.07, 6.45) is 0. The molecule has 138 valence electrons. The van der Waals surface area contributed by atoms with Crippen molar-refractivity contribution in [3.05, 3.63) is 59.7 Å². The van der Waals surface area contributed by atoms with Gasteiger partial charge in [-0.25, -0.2) is 0 Å². The van der Waals surface area contributed by atoms with Crippen molar-refractivity contribution in [3.63, 3.8) is 0 Å². The van der Waals surface area contributed by atoms with E-state index in [0.717, 1.165) is 0 Å². The first-order valence-electron chi connectivity index (χ1n) is 8.45. The number of hydrogen-bond donors (Lipinski definition) is 1. The monoisotopic (exact) mass is 356 g/mol. The third-order valence-electron chi connectivity index (χ3n) is 3.59. The van der Waals surface area contributed by atoms with Gasteiger partial charge in [0.25, 0.3) is 11.8 Å². The molecule has 0 fully saturated rings. The van der Waals surface area contributed by atoms with Gasteiger partial charge in [0.2, 0.25) is 0 Å². The molecule has 2 amide bonds. The van der Waals surface area contributed by atoms with E-state index in [1.54, 1.807) is 62.6 Å². The van der Waals surface area contributed by atoms with Gasteiger partial charge in [0.05, 0.1) is 6.61 Å². The van der Waals surface area contributed by atoms with Gasteiger partial charge in [-0.1, -0.05) is 6.07 Å². The van der Waals surface area contributed by atoms with Gasteiger partial charge in [0.15, 0.2) is 0 Å². The van der Waals surface area contributed by atoms with Crippen LogP contribution < -0.4 is 10.1 Å². The van der Waals surface area contributed by atoms with E-state index in [0.29, 0.717) is 42.4 Å². The summed E-state index contributed by atoms with van der Waals surface area (Å²) in [5.41, 5.74) is 1.59. The maximum atomic E-state index is 12.4. The average Bonchev–Trinajstić information content (AvgIpc) is 2.65. The lowest BCUT2D eigenvalue weighted by atomic mass is 10.1. The Morgan fingerprint density at radius 2 is 1.73 bits per heavy atom. The summed E-state index contributed by atoms with van der Waals surface area (Å²) in [4.78, 5) is 25.9. The van der Waals surface area contributed by atoms with Crippen molar-refractivity contribution in [1.29, 1.82) is 0 Å². The van der Waals surface area contributed by atoms with Crippen molar-refractivity contribution in [2.75, 3.05) is 39.2 Å². The molecule has 0 bridgehead atoms. The lowest BCUT2D eigenvalue weighted by Gasteiger charge is -2.12. The second kappa shape index (κ2) is 9.58. The van der Waals surface area contributed by atoms with Gasteiger partial charge in [-0.15, -0.1) is 0 Å². The molecular weight excluding hydrogens is 332 g/mol. The highest BCUT2D eigenvalue weighted by Gasteiger charge is 2.10. The standard InChI is InChI=1S/C20H24N2O4/c1-4-25-12-13-26-18-10-8-15(9-11-18)19(23)21-17-7-5-6-16(14-17)20(24)22(2)3/h5-11,14H,4,12-13H2,1-3H3,(H,21,23). The molecule has 0 saturated heterocycles. The van der Waals surface area contributed by atoms with Crippen molar-refractivity contribution < 1.29 is 19.1 Å². The predicted molar refractivity (Wildman–Crippen MR) is 101 cm³/mol. The number of benzene rings is 2. The first-order valence-corrected chi connectivity index (χ1v) is 8.45. The number of rotatable bonds is 8. The smallest absolute Gasteiger partial charge is 0.255 e. The lowest BCUT2D eigenvalue weighted by molar-refractivity contribution is 0.0827. The first-order chi connectivity index (χ1) is 12.5. The van der Waals surface area contributed by atoms with Crippen LogP contribution >= 0.6 is 0 Å².